The standard InChI is InChI=1S/C16H27N2O2.HI/c1-7-8-9-13-12-14(20-16(19)17(2)3)10-11-15(13)18(4,5)6;/h10-12H,7-9H2,1-6H3;1H/q+1;/p-1. The van der Waals surface area contributed by atoms with Crippen LogP contribution in [0.3, 0.4) is 0 Å². The first-order chi connectivity index (χ1) is 9.25. The summed E-state index contributed by atoms with van der Waals surface area (Å²) in [5, 5.41) is 0. The fraction of sp³-hybridized carbons (Fsp3) is 0.562. The van der Waals surface area contributed by atoms with Gasteiger partial charge in [0.1, 0.15) is 11.4 Å². The Bertz CT molecular complexity index is 468. The summed E-state index contributed by atoms with van der Waals surface area (Å²) in [5.74, 6) is 0.618. The van der Waals surface area contributed by atoms with Gasteiger partial charge in [0.05, 0.1) is 21.1 Å². The Morgan fingerprint density at radius 2 is 1.86 bits per heavy atom. The van der Waals surface area contributed by atoms with Gasteiger partial charge in [0.2, 0.25) is 0 Å². The van der Waals surface area contributed by atoms with Gasteiger partial charge in [-0.2, -0.15) is 0 Å². The first-order valence-corrected chi connectivity index (χ1v) is 7.09. The summed E-state index contributed by atoms with van der Waals surface area (Å²) in [6.07, 6.45) is 2.95. The molecule has 5 heteroatoms. The molecule has 4 nitrogen and oxygen atoms in total. The Hall–Kier alpha value is -0.820. The second-order valence-corrected chi connectivity index (χ2v) is 6.17. The minimum Gasteiger partial charge on any atom is -1.00 e. The zero-order valence-corrected chi connectivity index (χ0v) is 16.1. The maximum absolute atomic E-state index is 11.6. The number of rotatable bonds is 5. The summed E-state index contributed by atoms with van der Waals surface area (Å²) in [6, 6.07) is 5.93. The lowest BCUT2D eigenvalue weighted by Gasteiger charge is -2.26. The summed E-state index contributed by atoms with van der Waals surface area (Å²) >= 11 is 0. The molecule has 21 heavy (non-hydrogen) atoms. The molecular formula is C16H27IN2O2. The molecule has 0 unspecified atom stereocenters. The number of unbranched alkanes of at least 4 members (excludes halogenated alkanes) is 1. The number of ether oxygens (including phenoxy) is 1. The van der Waals surface area contributed by atoms with E-state index in [0.29, 0.717) is 5.75 Å². The molecule has 0 aliphatic carbocycles. The van der Waals surface area contributed by atoms with Crippen molar-refractivity contribution in [1.82, 2.24) is 9.38 Å². The van der Waals surface area contributed by atoms with Crippen LogP contribution < -0.4 is 33.2 Å². The van der Waals surface area contributed by atoms with Gasteiger partial charge in [-0.15, -0.1) is 0 Å². The van der Waals surface area contributed by atoms with E-state index in [4.69, 9.17) is 4.74 Å². The van der Waals surface area contributed by atoms with E-state index in [1.165, 1.54) is 16.2 Å². The number of nitrogens with zero attached hydrogens (tertiary/aromatic N) is 2. The highest BCUT2D eigenvalue weighted by atomic mass is 127. The van der Waals surface area contributed by atoms with Crippen LogP contribution in [-0.2, 0) is 6.42 Å². The van der Waals surface area contributed by atoms with Crippen LogP contribution in [0.1, 0.15) is 25.3 Å². The minimum absolute atomic E-state index is 0. The van der Waals surface area contributed by atoms with Gasteiger partial charge >= 0.3 is 6.09 Å². The van der Waals surface area contributed by atoms with E-state index in [1.807, 2.05) is 12.1 Å². The summed E-state index contributed by atoms with van der Waals surface area (Å²) in [4.78, 5) is 13.0. The molecule has 1 amide bonds. The van der Waals surface area contributed by atoms with E-state index >= 15 is 0 Å². The maximum atomic E-state index is 11.6. The molecule has 0 aliphatic heterocycles. The molecular weight excluding hydrogens is 379 g/mol. The Kier molecular flexibility index (Phi) is 8.25. The third kappa shape index (κ3) is 6.22. The summed E-state index contributed by atoms with van der Waals surface area (Å²) in [7, 11) is 9.81. The van der Waals surface area contributed by atoms with Crippen molar-refractivity contribution in [3.05, 3.63) is 23.8 Å². The average Bonchev–Trinajstić information content (AvgIpc) is 2.34. The number of carbonyl (C=O) groups excluding carboxylic acids is 1. The lowest BCUT2D eigenvalue weighted by Crippen LogP contribution is -3.00. The van der Waals surface area contributed by atoms with Crippen molar-refractivity contribution in [3.8, 4) is 5.75 Å². The van der Waals surface area contributed by atoms with Gasteiger partial charge in [-0.25, -0.2) is 4.79 Å². The second-order valence-electron chi connectivity index (χ2n) is 6.17. The molecule has 0 radical (unpaired) electrons. The molecule has 0 N–H and O–H groups in total. The van der Waals surface area contributed by atoms with E-state index in [9.17, 15) is 4.79 Å². The number of aryl methyl sites for hydroxylation is 1. The van der Waals surface area contributed by atoms with Crippen LogP contribution in [0, 0.1) is 0 Å². The smallest absolute Gasteiger partial charge is 0.414 e. The minimum atomic E-state index is -0.343. The third-order valence-corrected chi connectivity index (χ3v) is 3.14. The number of amides is 1. The SMILES string of the molecule is CCCCc1cc(OC(=O)N(C)C)ccc1[N+](C)(C)C.[I-]. The lowest BCUT2D eigenvalue weighted by atomic mass is 10.0. The van der Waals surface area contributed by atoms with E-state index < -0.39 is 0 Å². The first-order valence-electron chi connectivity index (χ1n) is 7.09. The van der Waals surface area contributed by atoms with Gasteiger partial charge in [-0.05, 0) is 25.0 Å². The van der Waals surface area contributed by atoms with Crippen LogP contribution in [-0.4, -0.2) is 46.2 Å². The number of quaternary nitrogens is 1. The average molecular weight is 406 g/mol. The third-order valence-electron chi connectivity index (χ3n) is 3.14. The van der Waals surface area contributed by atoms with Crippen LogP contribution in [0.4, 0.5) is 10.5 Å². The Morgan fingerprint density at radius 3 is 2.33 bits per heavy atom. The van der Waals surface area contributed by atoms with Crippen LogP contribution in [0.5, 0.6) is 5.75 Å². The Balaban J connectivity index is 0.00000400. The van der Waals surface area contributed by atoms with Crippen molar-refractivity contribution in [2.24, 2.45) is 0 Å². The van der Waals surface area contributed by atoms with Crippen LogP contribution in [0.2, 0.25) is 0 Å². The largest absolute Gasteiger partial charge is 1.00 e. The van der Waals surface area contributed by atoms with Gasteiger partial charge in [-0.1, -0.05) is 13.3 Å². The normalized spacial score (nSPS) is 10.8. The molecule has 1 rings (SSSR count). The van der Waals surface area contributed by atoms with Crippen molar-refractivity contribution in [3.63, 3.8) is 0 Å². The molecule has 0 aliphatic rings. The topological polar surface area (TPSA) is 29.5 Å². The molecule has 120 valence electrons. The predicted molar refractivity (Wildman–Crippen MR) is 84.3 cm³/mol. The molecule has 0 fully saturated rings. The molecule has 0 aromatic heterocycles. The number of hydrogen-bond acceptors (Lipinski definition) is 2. The van der Waals surface area contributed by atoms with Crippen LogP contribution >= 0.6 is 0 Å². The predicted octanol–water partition coefficient (Wildman–Crippen LogP) is 0.290. The highest BCUT2D eigenvalue weighted by Gasteiger charge is 2.19. The first kappa shape index (κ1) is 20.2. The molecule has 0 atom stereocenters. The van der Waals surface area contributed by atoms with E-state index in [1.54, 1.807) is 14.1 Å². The van der Waals surface area contributed by atoms with Crippen molar-refractivity contribution < 1.29 is 33.5 Å². The monoisotopic (exact) mass is 406 g/mol. The maximum Gasteiger partial charge on any atom is 0.414 e. The van der Waals surface area contributed by atoms with Gasteiger partial charge in [0.25, 0.3) is 0 Å². The molecule has 0 bridgehead atoms. The summed E-state index contributed by atoms with van der Waals surface area (Å²) in [6.45, 7) is 2.18. The summed E-state index contributed by atoms with van der Waals surface area (Å²) in [5.41, 5.74) is 2.52. The van der Waals surface area contributed by atoms with Crippen LogP contribution in [0.25, 0.3) is 0 Å². The Morgan fingerprint density at radius 1 is 1.24 bits per heavy atom. The number of hydrogen-bond donors (Lipinski definition) is 0. The second kappa shape index (κ2) is 8.58. The van der Waals surface area contributed by atoms with E-state index in [-0.39, 0.29) is 30.1 Å². The zero-order chi connectivity index (χ0) is 15.3. The quantitative estimate of drug-likeness (QED) is 0.520. The molecule has 0 saturated carbocycles. The van der Waals surface area contributed by atoms with E-state index in [0.717, 1.165) is 23.7 Å². The number of carbonyl (C=O) groups is 1. The lowest BCUT2D eigenvalue weighted by molar-refractivity contribution is -0.00000971. The fourth-order valence-electron chi connectivity index (χ4n) is 2.04. The number of benzene rings is 1. The van der Waals surface area contributed by atoms with Crippen molar-refractivity contribution in [2.75, 3.05) is 35.2 Å². The highest BCUT2D eigenvalue weighted by Crippen LogP contribution is 2.29. The number of halogens is 1. The highest BCUT2D eigenvalue weighted by molar-refractivity contribution is 5.70. The molecule has 1 aromatic rings. The van der Waals surface area contributed by atoms with E-state index in [2.05, 4.69) is 34.1 Å². The molecule has 0 heterocycles. The molecule has 1 aromatic carbocycles. The van der Waals surface area contributed by atoms with Gasteiger partial charge in [0, 0.05) is 25.7 Å². The van der Waals surface area contributed by atoms with Crippen LogP contribution in [0.15, 0.2) is 18.2 Å². The molecule has 0 saturated heterocycles. The van der Waals surface area contributed by atoms with Crippen molar-refractivity contribution in [2.45, 2.75) is 26.2 Å². The Labute approximate surface area is 145 Å². The van der Waals surface area contributed by atoms with Crippen molar-refractivity contribution >= 4 is 11.8 Å². The zero-order valence-electron chi connectivity index (χ0n) is 13.9. The molecule has 0 spiro atoms. The van der Waals surface area contributed by atoms with Gasteiger partial charge in [0.15, 0.2) is 0 Å². The van der Waals surface area contributed by atoms with Crippen molar-refractivity contribution in [1.29, 1.82) is 0 Å². The fourth-order valence-corrected chi connectivity index (χ4v) is 2.04. The van der Waals surface area contributed by atoms with Gasteiger partial charge in [-0.3, -0.25) is 4.48 Å². The summed E-state index contributed by atoms with van der Waals surface area (Å²) < 4.78 is 6.11. The van der Waals surface area contributed by atoms with Gasteiger partial charge < -0.3 is 33.6 Å².